The number of pyridine rings is 1. The molecule has 0 aliphatic rings. The number of aryl methyl sites for hydroxylation is 1. The van der Waals surface area contributed by atoms with Crippen molar-refractivity contribution in [3.8, 4) is 11.3 Å². The number of halogens is 4. The highest BCUT2D eigenvalue weighted by Gasteiger charge is 2.38. The second-order valence-electron chi connectivity index (χ2n) is 11.9. The molecule has 274 valence electrons. The van der Waals surface area contributed by atoms with Crippen LogP contribution in [-0.4, -0.2) is 74.3 Å². The van der Waals surface area contributed by atoms with Gasteiger partial charge in [-0.1, -0.05) is 13.0 Å². The number of hydrogen-bond donors (Lipinski definition) is 5. The van der Waals surface area contributed by atoms with Crippen LogP contribution < -0.4 is 27.0 Å². The van der Waals surface area contributed by atoms with Crippen molar-refractivity contribution in [2.24, 2.45) is 5.73 Å². The van der Waals surface area contributed by atoms with Gasteiger partial charge in [0.25, 0.3) is 5.91 Å². The van der Waals surface area contributed by atoms with Gasteiger partial charge in [0.05, 0.1) is 24.0 Å². The molecule has 1 amide bonds. The minimum Gasteiger partial charge on any atom is -0.352 e. The van der Waals surface area contributed by atoms with Gasteiger partial charge in [0.2, 0.25) is 0 Å². The summed E-state index contributed by atoms with van der Waals surface area (Å²) in [5, 5.41) is 16.9. The van der Waals surface area contributed by atoms with Gasteiger partial charge in [-0.05, 0) is 100 Å². The molecule has 5 rings (SSSR count). The average Bonchev–Trinajstić information content (AvgIpc) is 3.74. The summed E-state index contributed by atoms with van der Waals surface area (Å²) in [5.74, 6) is 0.212. The van der Waals surface area contributed by atoms with Crippen LogP contribution in [0.25, 0.3) is 16.9 Å². The third-order valence-corrected chi connectivity index (χ3v) is 8.13. The zero-order chi connectivity index (χ0) is 35.3. The minimum absolute atomic E-state index is 0. The number of hydrogen-bond acceptors (Lipinski definition) is 9. The van der Waals surface area contributed by atoms with Crippen LogP contribution in [0.3, 0.4) is 0 Å². The highest BCUT2D eigenvalue weighted by atomic mass is 35.5. The molecule has 51 heavy (non-hydrogen) atoms. The Hall–Kier alpha value is -4.57. The number of carbonyl (C=O) groups excluding carboxylic acids is 1. The molecule has 5 aromatic rings. The Balaban J connectivity index is 0.00000583. The standard InChI is InChI=1S/C35H44F3N11O.ClH/c1-2-26-20-27(9-10-28(26)34(50)44-17-7-16-41-13-4-3-12-40-15-6-11-39)46-32-33-45-22-30(49(33)19-18-43-32)29-24-48(47-31(29)35(36,37)38)23-25-8-5-14-42-21-25;/h5,8-10,14,18-22,24,40-41H,2-4,6-7,11-13,15-17,23,39H2,1H3,(H,43,46)(H,44,50);1H. The molecular formula is C35H45ClF3N11O. The highest BCUT2D eigenvalue weighted by molar-refractivity contribution is 5.96. The molecule has 1 aromatic carbocycles. The lowest BCUT2D eigenvalue weighted by Crippen LogP contribution is -2.28. The first-order chi connectivity index (χ1) is 24.3. The number of alkyl halides is 3. The molecule has 0 bridgehead atoms. The topological polar surface area (TPSA) is 152 Å². The number of benzene rings is 1. The monoisotopic (exact) mass is 727 g/mol. The van der Waals surface area contributed by atoms with Gasteiger partial charge in [0.15, 0.2) is 17.2 Å². The van der Waals surface area contributed by atoms with Gasteiger partial charge < -0.3 is 27.0 Å². The summed E-state index contributed by atoms with van der Waals surface area (Å²) in [5.41, 5.74) is 7.76. The molecule has 0 aliphatic heterocycles. The molecule has 0 atom stereocenters. The first-order valence-corrected chi connectivity index (χ1v) is 16.9. The summed E-state index contributed by atoms with van der Waals surface area (Å²) in [4.78, 5) is 25.9. The smallest absolute Gasteiger partial charge is 0.352 e. The van der Waals surface area contributed by atoms with Gasteiger partial charge >= 0.3 is 6.18 Å². The van der Waals surface area contributed by atoms with Crippen molar-refractivity contribution in [1.82, 2.24) is 45.1 Å². The number of nitrogens with two attached hydrogens (primary N) is 1. The number of carbonyl (C=O) groups is 1. The molecular weight excluding hydrogens is 683 g/mol. The highest BCUT2D eigenvalue weighted by Crippen LogP contribution is 2.37. The van der Waals surface area contributed by atoms with Crippen LogP contribution in [0.1, 0.15) is 59.8 Å². The number of amides is 1. The zero-order valence-corrected chi connectivity index (χ0v) is 29.4. The van der Waals surface area contributed by atoms with E-state index in [1.807, 2.05) is 13.0 Å². The Morgan fingerprint density at radius 3 is 2.41 bits per heavy atom. The minimum atomic E-state index is -4.68. The second kappa shape index (κ2) is 19.2. The Morgan fingerprint density at radius 2 is 1.71 bits per heavy atom. The quantitative estimate of drug-likeness (QED) is 0.0722. The Bertz CT molecular complexity index is 1830. The predicted octanol–water partition coefficient (Wildman–Crippen LogP) is 5.21. The van der Waals surface area contributed by atoms with E-state index in [4.69, 9.17) is 5.73 Å². The molecule has 0 unspecified atom stereocenters. The summed E-state index contributed by atoms with van der Waals surface area (Å²) >= 11 is 0. The molecule has 0 saturated carbocycles. The van der Waals surface area contributed by atoms with Gasteiger partial charge in [-0.3, -0.25) is 18.9 Å². The van der Waals surface area contributed by atoms with Crippen LogP contribution in [0.4, 0.5) is 24.7 Å². The van der Waals surface area contributed by atoms with Crippen molar-refractivity contribution in [3.05, 3.63) is 89.9 Å². The van der Waals surface area contributed by atoms with Crippen LogP contribution in [0.2, 0.25) is 0 Å². The van der Waals surface area contributed by atoms with Gasteiger partial charge in [-0.2, -0.15) is 18.3 Å². The van der Waals surface area contributed by atoms with Gasteiger partial charge in [-0.25, -0.2) is 9.97 Å². The third-order valence-electron chi connectivity index (χ3n) is 8.13. The second-order valence-corrected chi connectivity index (χ2v) is 11.9. The summed E-state index contributed by atoms with van der Waals surface area (Å²) in [7, 11) is 0. The molecule has 12 nitrogen and oxygen atoms in total. The summed E-state index contributed by atoms with van der Waals surface area (Å²) in [6.07, 6.45) is 8.94. The van der Waals surface area contributed by atoms with Crippen molar-refractivity contribution >= 4 is 35.5 Å². The predicted molar refractivity (Wildman–Crippen MR) is 194 cm³/mol. The number of fused-ring (bicyclic) bond motifs is 1. The van der Waals surface area contributed by atoms with E-state index in [0.29, 0.717) is 42.2 Å². The molecule has 6 N–H and O–H groups in total. The van der Waals surface area contributed by atoms with Crippen LogP contribution in [0.15, 0.2) is 67.5 Å². The van der Waals surface area contributed by atoms with E-state index in [-0.39, 0.29) is 36.1 Å². The number of nitrogens with zero attached hydrogens (tertiary/aromatic N) is 6. The average molecular weight is 728 g/mol. The zero-order valence-electron chi connectivity index (χ0n) is 28.5. The van der Waals surface area contributed by atoms with Crippen molar-refractivity contribution in [3.63, 3.8) is 0 Å². The lowest BCUT2D eigenvalue weighted by Gasteiger charge is -2.13. The first kappa shape index (κ1) is 39.2. The fourth-order valence-corrected chi connectivity index (χ4v) is 5.59. The SMILES string of the molecule is CCc1cc(Nc2nccn3c(-c4cn(Cc5cccnc5)nc4C(F)(F)F)cnc23)ccc1C(=O)NCCCNCCCCNCCCN.Cl. The fourth-order valence-electron chi connectivity index (χ4n) is 5.59. The van der Waals surface area contributed by atoms with Crippen LogP contribution in [0, 0.1) is 0 Å². The molecule has 16 heteroatoms. The number of nitrogens with one attached hydrogen (secondary N) is 4. The van der Waals surface area contributed by atoms with E-state index in [1.165, 1.54) is 23.3 Å². The lowest BCUT2D eigenvalue weighted by molar-refractivity contribution is -0.141. The van der Waals surface area contributed by atoms with Gasteiger partial charge in [-0.15, -0.1) is 12.4 Å². The molecule has 0 aliphatic carbocycles. The number of unbranched alkanes of at least 4 members (excludes halogenated alkanes) is 1. The van der Waals surface area contributed by atoms with Gasteiger partial charge in [0.1, 0.15) is 0 Å². The largest absolute Gasteiger partial charge is 0.435 e. The summed E-state index contributed by atoms with van der Waals surface area (Å²) in [6.45, 7) is 7.09. The maximum atomic E-state index is 14.1. The Morgan fingerprint density at radius 1 is 0.941 bits per heavy atom. The molecule has 0 saturated heterocycles. The van der Waals surface area contributed by atoms with Crippen molar-refractivity contribution in [1.29, 1.82) is 0 Å². The fraction of sp³-hybridized carbons (Fsp3) is 0.400. The molecule has 0 fully saturated rings. The number of aromatic nitrogens is 6. The molecule has 4 aromatic heterocycles. The maximum absolute atomic E-state index is 14.1. The number of imidazole rings is 1. The number of anilines is 2. The number of rotatable bonds is 19. The Kier molecular flexibility index (Phi) is 14.7. The van der Waals surface area contributed by atoms with Crippen LogP contribution in [0.5, 0.6) is 0 Å². The van der Waals surface area contributed by atoms with E-state index >= 15 is 0 Å². The van der Waals surface area contributed by atoms with Crippen LogP contribution >= 0.6 is 12.4 Å². The van der Waals surface area contributed by atoms with Crippen LogP contribution in [-0.2, 0) is 19.1 Å². The maximum Gasteiger partial charge on any atom is 0.435 e. The van der Waals surface area contributed by atoms with Gasteiger partial charge in [0, 0.05) is 48.8 Å². The third kappa shape index (κ3) is 10.7. The van der Waals surface area contributed by atoms with E-state index < -0.39 is 11.9 Å². The normalized spacial score (nSPS) is 11.5. The Labute approximate surface area is 301 Å². The molecule has 4 heterocycles. The van der Waals surface area contributed by atoms with E-state index in [0.717, 1.165) is 63.0 Å². The summed E-state index contributed by atoms with van der Waals surface area (Å²) in [6, 6.07) is 8.91. The van der Waals surface area contributed by atoms with E-state index in [1.54, 1.807) is 47.3 Å². The van der Waals surface area contributed by atoms with E-state index in [2.05, 4.69) is 41.3 Å². The molecule has 0 spiro atoms. The van der Waals surface area contributed by atoms with Crippen molar-refractivity contribution in [2.45, 2.75) is 51.7 Å². The molecule has 0 radical (unpaired) electrons. The first-order valence-electron chi connectivity index (χ1n) is 16.9. The van der Waals surface area contributed by atoms with Crippen molar-refractivity contribution < 1.29 is 18.0 Å². The summed E-state index contributed by atoms with van der Waals surface area (Å²) < 4.78 is 45.2. The van der Waals surface area contributed by atoms with Crippen molar-refractivity contribution in [2.75, 3.05) is 44.6 Å². The van der Waals surface area contributed by atoms with E-state index in [9.17, 15) is 18.0 Å². The lowest BCUT2D eigenvalue weighted by atomic mass is 10.0.